The topological polar surface area (TPSA) is 43.8 Å². The van der Waals surface area contributed by atoms with Gasteiger partial charge in [-0.2, -0.15) is 0 Å². The molecular formula is C14H20N2O2S. The summed E-state index contributed by atoms with van der Waals surface area (Å²) in [6.45, 7) is 5.69. The Hall–Kier alpha value is -1.04. The fourth-order valence-corrected chi connectivity index (χ4v) is 2.97. The van der Waals surface area contributed by atoms with Crippen LogP contribution in [0.15, 0.2) is 29.2 Å². The molecule has 1 aliphatic heterocycles. The Balaban J connectivity index is 1.72. The van der Waals surface area contributed by atoms with Gasteiger partial charge in [-0.25, -0.2) is 4.79 Å². The number of benzene rings is 1. The second-order valence-electron chi connectivity index (χ2n) is 4.82. The molecule has 0 radical (unpaired) electrons. The lowest BCUT2D eigenvalue weighted by Gasteiger charge is -2.32. The van der Waals surface area contributed by atoms with Gasteiger partial charge in [0, 0.05) is 43.4 Å². The average Bonchev–Trinajstić information content (AvgIpc) is 2.41. The fraction of sp³-hybridized carbons (Fsp3) is 0.500. The largest absolute Gasteiger partial charge is 0.478 e. The Morgan fingerprint density at radius 2 is 1.84 bits per heavy atom. The Labute approximate surface area is 118 Å². The van der Waals surface area contributed by atoms with Crippen molar-refractivity contribution >= 4 is 17.7 Å². The Bertz CT molecular complexity index is 414. The smallest absolute Gasteiger partial charge is 0.335 e. The number of aromatic carboxylic acids is 1. The molecule has 1 heterocycles. The summed E-state index contributed by atoms with van der Waals surface area (Å²) < 4.78 is 0. The first-order valence-corrected chi connectivity index (χ1v) is 7.51. The third kappa shape index (κ3) is 4.53. The van der Waals surface area contributed by atoms with E-state index < -0.39 is 5.97 Å². The van der Waals surface area contributed by atoms with Gasteiger partial charge in [0.15, 0.2) is 0 Å². The van der Waals surface area contributed by atoms with Crippen molar-refractivity contribution in [1.29, 1.82) is 0 Å². The van der Waals surface area contributed by atoms with Crippen molar-refractivity contribution in [2.75, 3.05) is 45.5 Å². The number of rotatable bonds is 5. The van der Waals surface area contributed by atoms with Gasteiger partial charge in [0.1, 0.15) is 0 Å². The van der Waals surface area contributed by atoms with E-state index in [1.54, 1.807) is 23.9 Å². The van der Waals surface area contributed by atoms with E-state index in [2.05, 4.69) is 16.8 Å². The van der Waals surface area contributed by atoms with Crippen LogP contribution in [0, 0.1) is 0 Å². The van der Waals surface area contributed by atoms with Gasteiger partial charge in [0.25, 0.3) is 0 Å². The van der Waals surface area contributed by atoms with E-state index >= 15 is 0 Å². The minimum absolute atomic E-state index is 0.350. The number of piperazine rings is 1. The van der Waals surface area contributed by atoms with Gasteiger partial charge in [-0.05, 0) is 31.3 Å². The zero-order valence-corrected chi connectivity index (χ0v) is 12.0. The van der Waals surface area contributed by atoms with Crippen molar-refractivity contribution < 1.29 is 9.90 Å². The highest BCUT2D eigenvalue weighted by molar-refractivity contribution is 7.99. The quantitative estimate of drug-likeness (QED) is 0.832. The van der Waals surface area contributed by atoms with E-state index in [0.29, 0.717) is 5.56 Å². The van der Waals surface area contributed by atoms with Gasteiger partial charge in [0.05, 0.1) is 5.56 Å². The van der Waals surface area contributed by atoms with Crippen molar-refractivity contribution in [2.45, 2.75) is 4.90 Å². The molecule has 2 rings (SSSR count). The molecule has 4 nitrogen and oxygen atoms in total. The van der Waals surface area contributed by atoms with Crippen molar-refractivity contribution in [3.05, 3.63) is 29.8 Å². The van der Waals surface area contributed by atoms with Gasteiger partial charge < -0.3 is 10.0 Å². The number of thioether (sulfide) groups is 1. The molecule has 0 bridgehead atoms. The Morgan fingerprint density at radius 3 is 2.42 bits per heavy atom. The molecule has 0 amide bonds. The predicted octanol–water partition coefficient (Wildman–Crippen LogP) is 1.72. The van der Waals surface area contributed by atoms with Crippen LogP contribution in [0.2, 0.25) is 0 Å². The van der Waals surface area contributed by atoms with Gasteiger partial charge in [0.2, 0.25) is 0 Å². The predicted molar refractivity (Wildman–Crippen MR) is 78.1 cm³/mol. The highest BCUT2D eigenvalue weighted by Crippen LogP contribution is 2.18. The van der Waals surface area contributed by atoms with E-state index in [0.717, 1.165) is 43.4 Å². The molecule has 0 aliphatic carbocycles. The van der Waals surface area contributed by atoms with Crippen LogP contribution >= 0.6 is 11.8 Å². The second-order valence-corrected chi connectivity index (χ2v) is 5.99. The first kappa shape index (κ1) is 14.4. The number of likely N-dealkylation sites (N-methyl/N-ethyl adjacent to an activating group) is 1. The Morgan fingerprint density at radius 1 is 1.21 bits per heavy atom. The minimum atomic E-state index is -0.867. The first-order chi connectivity index (χ1) is 9.15. The maximum atomic E-state index is 10.7. The lowest BCUT2D eigenvalue weighted by atomic mass is 10.2. The number of hydrogen-bond acceptors (Lipinski definition) is 4. The lowest BCUT2D eigenvalue weighted by Crippen LogP contribution is -2.45. The van der Waals surface area contributed by atoms with E-state index in [1.807, 2.05) is 12.1 Å². The summed E-state index contributed by atoms with van der Waals surface area (Å²) in [6.07, 6.45) is 0. The number of carbonyl (C=O) groups is 1. The van der Waals surface area contributed by atoms with Crippen LogP contribution in [-0.2, 0) is 0 Å². The van der Waals surface area contributed by atoms with Gasteiger partial charge in [-0.15, -0.1) is 11.8 Å². The summed E-state index contributed by atoms with van der Waals surface area (Å²) in [6, 6.07) is 7.11. The van der Waals surface area contributed by atoms with Crippen LogP contribution < -0.4 is 0 Å². The average molecular weight is 280 g/mol. The van der Waals surface area contributed by atoms with E-state index in [9.17, 15) is 4.79 Å². The molecule has 5 heteroatoms. The first-order valence-electron chi connectivity index (χ1n) is 6.52. The Kier molecular flexibility index (Phi) is 5.24. The molecule has 0 saturated carbocycles. The van der Waals surface area contributed by atoms with Crippen molar-refractivity contribution in [2.24, 2.45) is 0 Å². The molecule has 104 valence electrons. The van der Waals surface area contributed by atoms with Crippen LogP contribution in [0.25, 0.3) is 0 Å². The molecule has 0 spiro atoms. The molecule has 1 aliphatic rings. The molecular weight excluding hydrogens is 260 g/mol. The summed E-state index contributed by atoms with van der Waals surface area (Å²) in [5, 5.41) is 8.83. The summed E-state index contributed by atoms with van der Waals surface area (Å²) in [5.41, 5.74) is 0.350. The molecule has 1 saturated heterocycles. The van der Waals surface area contributed by atoms with Crippen LogP contribution in [0.5, 0.6) is 0 Å². The third-order valence-electron chi connectivity index (χ3n) is 3.37. The van der Waals surface area contributed by atoms with E-state index in [4.69, 9.17) is 5.11 Å². The molecule has 1 aromatic carbocycles. The van der Waals surface area contributed by atoms with Crippen molar-refractivity contribution in [3.8, 4) is 0 Å². The third-order valence-corrected chi connectivity index (χ3v) is 4.37. The van der Waals surface area contributed by atoms with Gasteiger partial charge in [-0.1, -0.05) is 0 Å². The molecule has 1 N–H and O–H groups in total. The number of nitrogens with zero attached hydrogens (tertiary/aromatic N) is 2. The van der Waals surface area contributed by atoms with Crippen LogP contribution in [0.4, 0.5) is 0 Å². The normalized spacial score (nSPS) is 17.5. The molecule has 0 unspecified atom stereocenters. The SMILES string of the molecule is CN1CCN(CCSc2ccc(C(=O)O)cc2)CC1. The molecule has 1 aromatic rings. The maximum Gasteiger partial charge on any atom is 0.335 e. The van der Waals surface area contributed by atoms with Gasteiger partial charge >= 0.3 is 5.97 Å². The maximum absolute atomic E-state index is 10.7. The number of carboxylic acids is 1. The highest BCUT2D eigenvalue weighted by Gasteiger charge is 2.12. The summed E-state index contributed by atoms with van der Waals surface area (Å²) in [5.74, 6) is 0.185. The molecule has 0 atom stereocenters. The summed E-state index contributed by atoms with van der Waals surface area (Å²) in [4.78, 5) is 16.7. The highest BCUT2D eigenvalue weighted by atomic mass is 32.2. The zero-order valence-electron chi connectivity index (χ0n) is 11.2. The zero-order chi connectivity index (χ0) is 13.7. The number of carboxylic acid groups (broad SMARTS) is 1. The van der Waals surface area contributed by atoms with Crippen LogP contribution in [-0.4, -0.2) is 66.4 Å². The van der Waals surface area contributed by atoms with Gasteiger partial charge in [-0.3, -0.25) is 4.90 Å². The van der Waals surface area contributed by atoms with Crippen LogP contribution in [0.1, 0.15) is 10.4 Å². The fourth-order valence-electron chi connectivity index (χ4n) is 2.06. The molecule has 0 aromatic heterocycles. The van der Waals surface area contributed by atoms with Crippen LogP contribution in [0.3, 0.4) is 0 Å². The lowest BCUT2D eigenvalue weighted by molar-refractivity contribution is 0.0697. The van der Waals surface area contributed by atoms with Crippen molar-refractivity contribution in [3.63, 3.8) is 0 Å². The molecule has 1 fully saturated rings. The number of hydrogen-bond donors (Lipinski definition) is 1. The summed E-state index contributed by atoms with van der Waals surface area (Å²) >= 11 is 1.79. The minimum Gasteiger partial charge on any atom is -0.478 e. The van der Waals surface area contributed by atoms with E-state index in [-0.39, 0.29) is 0 Å². The standard InChI is InChI=1S/C14H20N2O2S/c1-15-6-8-16(9-7-15)10-11-19-13-4-2-12(3-5-13)14(17)18/h2-5H,6-11H2,1H3,(H,17,18). The molecule has 19 heavy (non-hydrogen) atoms. The summed E-state index contributed by atoms with van der Waals surface area (Å²) in [7, 11) is 2.16. The monoisotopic (exact) mass is 280 g/mol. The second kappa shape index (κ2) is 6.93. The van der Waals surface area contributed by atoms with Crippen molar-refractivity contribution in [1.82, 2.24) is 9.80 Å². The van der Waals surface area contributed by atoms with E-state index in [1.165, 1.54) is 0 Å².